The minimum absolute atomic E-state index is 0.356. The molecule has 2 rings (SSSR count). The molecule has 0 aliphatic heterocycles. The average molecular weight is 287 g/mol. The van der Waals surface area contributed by atoms with Crippen LogP contribution in [0.2, 0.25) is 0 Å². The second kappa shape index (κ2) is 8.04. The predicted molar refractivity (Wildman–Crippen MR) is 83.2 cm³/mol. The molecule has 0 aromatic heterocycles. The largest absolute Gasteiger partial charge is 0.450 e. The normalized spacial score (nSPS) is 10.2. The summed E-state index contributed by atoms with van der Waals surface area (Å²) in [7, 11) is 0. The lowest BCUT2D eigenvalue weighted by molar-refractivity contribution is 0.163. The highest BCUT2D eigenvalue weighted by Crippen LogP contribution is 2.20. The number of ether oxygens (including phenoxy) is 1. The highest BCUT2D eigenvalue weighted by Gasteiger charge is 2.23. The summed E-state index contributed by atoms with van der Waals surface area (Å²) in [4.78, 5) is 9.60. The van der Waals surface area contributed by atoms with Crippen molar-refractivity contribution >= 4 is 6.09 Å². The first kappa shape index (κ1) is 16.7. The fourth-order valence-electron chi connectivity index (χ4n) is 1.74. The van der Waals surface area contributed by atoms with E-state index < -0.39 is 11.8 Å². The molecule has 6 N–H and O–H groups in total. The van der Waals surface area contributed by atoms with Crippen molar-refractivity contribution in [2.45, 2.75) is 12.6 Å². The van der Waals surface area contributed by atoms with E-state index in [-0.39, 0.29) is 0 Å². The zero-order chi connectivity index (χ0) is 15.7. The van der Waals surface area contributed by atoms with Gasteiger partial charge in [-0.15, -0.1) is 0 Å². The highest BCUT2D eigenvalue weighted by molar-refractivity contribution is 5.64. The van der Waals surface area contributed by atoms with Crippen molar-refractivity contribution in [3.63, 3.8) is 0 Å². The molecule has 1 amide bonds. The molecule has 21 heavy (non-hydrogen) atoms. The summed E-state index contributed by atoms with van der Waals surface area (Å²) in [6.45, 7) is 2.06. The van der Waals surface area contributed by atoms with E-state index in [4.69, 9.17) is 11.5 Å². The first-order valence-corrected chi connectivity index (χ1v) is 6.59. The molecule has 0 saturated heterocycles. The van der Waals surface area contributed by atoms with Crippen molar-refractivity contribution < 1.29 is 9.53 Å². The van der Waals surface area contributed by atoms with Crippen LogP contribution < -0.4 is 17.2 Å². The number of rotatable bonds is 3. The second-order valence-corrected chi connectivity index (χ2v) is 4.35. The molecule has 0 atom stereocenters. The molecule has 0 fully saturated rings. The van der Waals surface area contributed by atoms with Gasteiger partial charge in [0.25, 0.3) is 0 Å². The summed E-state index contributed by atoms with van der Waals surface area (Å²) in [5, 5.41) is 0. The summed E-state index contributed by atoms with van der Waals surface area (Å²) >= 11 is 0. The Bertz CT molecular complexity index is 500. The molecule has 2 aromatic rings. The molecule has 0 bridgehead atoms. The van der Waals surface area contributed by atoms with Gasteiger partial charge in [0.05, 0.1) is 6.61 Å². The van der Waals surface area contributed by atoms with Crippen molar-refractivity contribution in [3.05, 3.63) is 71.8 Å². The van der Waals surface area contributed by atoms with Gasteiger partial charge in [-0.1, -0.05) is 60.7 Å². The lowest BCUT2D eigenvalue weighted by atomic mass is 9.93. The van der Waals surface area contributed by atoms with Crippen molar-refractivity contribution in [3.8, 4) is 0 Å². The van der Waals surface area contributed by atoms with Crippen LogP contribution in [0.3, 0.4) is 0 Å². The lowest BCUT2D eigenvalue weighted by Gasteiger charge is -2.25. The Kier molecular flexibility index (Phi) is 6.39. The summed E-state index contributed by atoms with van der Waals surface area (Å²) in [6.07, 6.45) is -0.711. The van der Waals surface area contributed by atoms with Crippen LogP contribution in [-0.2, 0) is 10.4 Å². The fourth-order valence-corrected chi connectivity index (χ4v) is 1.74. The van der Waals surface area contributed by atoms with Gasteiger partial charge in [0.15, 0.2) is 0 Å². The maximum Gasteiger partial charge on any atom is 0.404 e. The van der Waals surface area contributed by atoms with Crippen LogP contribution in [0, 0.1) is 0 Å². The average Bonchev–Trinajstić information content (AvgIpc) is 2.49. The van der Waals surface area contributed by atoms with Crippen LogP contribution in [0.25, 0.3) is 0 Å². The predicted octanol–water partition coefficient (Wildman–Crippen LogP) is 1.91. The van der Waals surface area contributed by atoms with Crippen LogP contribution in [0.5, 0.6) is 0 Å². The maximum absolute atomic E-state index is 9.60. The standard InChI is InChI=1S/C13H14N2.C3H7NO2/c14-13(15,11-7-3-1-4-8-11)12-9-5-2-6-10-12;1-2-6-3(4)5/h1-10H,14-15H2;2H2,1H3,(H2,4,5). The molecule has 0 spiro atoms. The Morgan fingerprint density at radius 3 is 1.57 bits per heavy atom. The molecule has 112 valence electrons. The van der Waals surface area contributed by atoms with Gasteiger partial charge in [-0.2, -0.15) is 0 Å². The molecule has 0 aliphatic carbocycles. The summed E-state index contributed by atoms with van der Waals surface area (Å²) in [6, 6.07) is 19.4. The van der Waals surface area contributed by atoms with E-state index in [2.05, 4.69) is 10.5 Å². The third-order valence-electron chi connectivity index (χ3n) is 2.79. The van der Waals surface area contributed by atoms with Gasteiger partial charge in [-0.3, -0.25) is 0 Å². The maximum atomic E-state index is 9.60. The Hall–Kier alpha value is -2.37. The lowest BCUT2D eigenvalue weighted by Crippen LogP contribution is -2.46. The van der Waals surface area contributed by atoms with Crippen molar-refractivity contribution in [1.29, 1.82) is 0 Å². The minimum Gasteiger partial charge on any atom is -0.450 e. The number of carbonyl (C=O) groups excluding carboxylic acids is 1. The molecule has 0 unspecified atom stereocenters. The Morgan fingerprint density at radius 1 is 0.952 bits per heavy atom. The molecule has 2 aromatic carbocycles. The number of nitrogens with two attached hydrogens (primary N) is 3. The van der Waals surface area contributed by atoms with E-state index in [0.717, 1.165) is 11.1 Å². The monoisotopic (exact) mass is 287 g/mol. The fraction of sp³-hybridized carbons (Fsp3) is 0.188. The van der Waals surface area contributed by atoms with E-state index in [1.807, 2.05) is 60.7 Å². The first-order chi connectivity index (χ1) is 9.98. The first-order valence-electron chi connectivity index (χ1n) is 6.59. The van der Waals surface area contributed by atoms with Gasteiger partial charge in [0.1, 0.15) is 5.66 Å². The van der Waals surface area contributed by atoms with E-state index in [1.165, 1.54) is 0 Å². The summed E-state index contributed by atoms with van der Waals surface area (Å²) in [5.74, 6) is 0. The molecule has 0 radical (unpaired) electrons. The van der Waals surface area contributed by atoms with Crippen LogP contribution >= 0.6 is 0 Å². The zero-order valence-electron chi connectivity index (χ0n) is 12.0. The zero-order valence-corrected chi connectivity index (χ0v) is 12.0. The number of amides is 1. The quantitative estimate of drug-likeness (QED) is 0.750. The molecule has 5 heteroatoms. The SMILES string of the molecule is CCOC(N)=O.NC(N)(c1ccccc1)c1ccccc1. The van der Waals surface area contributed by atoms with Crippen molar-refractivity contribution in [2.75, 3.05) is 6.61 Å². The van der Waals surface area contributed by atoms with E-state index in [0.29, 0.717) is 6.61 Å². The van der Waals surface area contributed by atoms with E-state index >= 15 is 0 Å². The van der Waals surface area contributed by atoms with Gasteiger partial charge in [0, 0.05) is 0 Å². The Labute approximate surface area is 124 Å². The molecule has 5 nitrogen and oxygen atoms in total. The van der Waals surface area contributed by atoms with Crippen LogP contribution in [-0.4, -0.2) is 12.7 Å². The van der Waals surface area contributed by atoms with Crippen molar-refractivity contribution in [1.82, 2.24) is 0 Å². The van der Waals surface area contributed by atoms with Gasteiger partial charge < -0.3 is 21.9 Å². The highest BCUT2D eigenvalue weighted by atomic mass is 16.5. The third-order valence-corrected chi connectivity index (χ3v) is 2.79. The van der Waals surface area contributed by atoms with E-state index in [9.17, 15) is 4.79 Å². The topological polar surface area (TPSA) is 104 Å². The number of benzene rings is 2. The summed E-state index contributed by atoms with van der Waals surface area (Å²) in [5.41, 5.74) is 17.7. The van der Waals surface area contributed by atoms with Crippen molar-refractivity contribution in [2.24, 2.45) is 17.2 Å². The molecule has 0 heterocycles. The van der Waals surface area contributed by atoms with Crippen LogP contribution in [0.1, 0.15) is 18.1 Å². The molecule has 0 aliphatic rings. The van der Waals surface area contributed by atoms with E-state index in [1.54, 1.807) is 6.92 Å². The van der Waals surface area contributed by atoms with Gasteiger partial charge in [-0.25, -0.2) is 4.79 Å². The Morgan fingerprint density at radius 2 is 1.33 bits per heavy atom. The number of hydrogen-bond acceptors (Lipinski definition) is 4. The number of primary amides is 1. The Balaban J connectivity index is 0.000000315. The second-order valence-electron chi connectivity index (χ2n) is 4.35. The molecular weight excluding hydrogens is 266 g/mol. The minimum atomic E-state index is -0.914. The number of carbonyl (C=O) groups is 1. The van der Waals surface area contributed by atoms with Gasteiger partial charge in [0.2, 0.25) is 0 Å². The smallest absolute Gasteiger partial charge is 0.404 e. The van der Waals surface area contributed by atoms with Crippen LogP contribution in [0.15, 0.2) is 60.7 Å². The van der Waals surface area contributed by atoms with Gasteiger partial charge >= 0.3 is 6.09 Å². The molecule has 0 saturated carbocycles. The third kappa shape index (κ3) is 5.25. The molecular formula is C16H21N3O2. The van der Waals surface area contributed by atoms with Gasteiger partial charge in [-0.05, 0) is 18.1 Å². The van der Waals surface area contributed by atoms with Crippen LogP contribution in [0.4, 0.5) is 4.79 Å². The number of hydrogen-bond donors (Lipinski definition) is 3. The summed E-state index contributed by atoms with van der Waals surface area (Å²) < 4.78 is 4.18.